The van der Waals surface area contributed by atoms with Crippen LogP contribution < -0.4 is 9.46 Å². The lowest BCUT2D eigenvalue weighted by Crippen LogP contribution is -2.46. The number of carbonyl (C=O) groups excluding carboxylic acids is 1. The van der Waals surface area contributed by atoms with E-state index >= 15 is 0 Å². The third-order valence-electron chi connectivity index (χ3n) is 5.67. The van der Waals surface area contributed by atoms with Gasteiger partial charge in [-0.3, -0.25) is 4.79 Å². The zero-order valence-corrected chi connectivity index (χ0v) is 20.0. The molecule has 1 amide bonds. The summed E-state index contributed by atoms with van der Waals surface area (Å²) < 4.78 is 58.5. The molecular formula is C22H28N2O6S2. The number of ether oxygens (including phenoxy) is 1. The van der Waals surface area contributed by atoms with Gasteiger partial charge in [0.1, 0.15) is 5.75 Å². The van der Waals surface area contributed by atoms with Gasteiger partial charge in [-0.15, -0.1) is 0 Å². The molecule has 1 heterocycles. The summed E-state index contributed by atoms with van der Waals surface area (Å²) >= 11 is 0. The summed E-state index contributed by atoms with van der Waals surface area (Å²) in [5.74, 6) is 0.201. The fourth-order valence-corrected chi connectivity index (χ4v) is 6.75. The molecule has 0 radical (unpaired) electrons. The first kappa shape index (κ1) is 24.2. The van der Waals surface area contributed by atoms with E-state index in [1.54, 1.807) is 38.1 Å². The Morgan fingerprint density at radius 2 is 1.66 bits per heavy atom. The Morgan fingerprint density at radius 1 is 1.03 bits per heavy atom. The minimum absolute atomic E-state index is 0.148. The number of carbonyl (C=O) groups is 1. The first-order valence-electron chi connectivity index (χ1n) is 10.3. The van der Waals surface area contributed by atoms with Gasteiger partial charge in [0.2, 0.25) is 15.9 Å². The first-order valence-corrected chi connectivity index (χ1v) is 13.3. The van der Waals surface area contributed by atoms with Gasteiger partial charge in [0.15, 0.2) is 9.84 Å². The van der Waals surface area contributed by atoms with Crippen molar-refractivity contribution in [3.05, 3.63) is 53.6 Å². The van der Waals surface area contributed by atoms with Crippen molar-refractivity contribution in [1.29, 1.82) is 0 Å². The number of amides is 1. The first-order chi connectivity index (χ1) is 15.0. The maximum Gasteiger partial charge on any atom is 0.241 e. The van der Waals surface area contributed by atoms with Gasteiger partial charge in [0.05, 0.1) is 28.7 Å². The monoisotopic (exact) mass is 480 g/mol. The highest BCUT2D eigenvalue weighted by Gasteiger charge is 2.33. The summed E-state index contributed by atoms with van der Waals surface area (Å²) in [4.78, 5) is 14.4. The molecule has 1 aliphatic rings. The van der Waals surface area contributed by atoms with Crippen molar-refractivity contribution in [2.75, 3.05) is 26.7 Å². The molecule has 0 aromatic heterocycles. The van der Waals surface area contributed by atoms with E-state index in [2.05, 4.69) is 4.72 Å². The average Bonchev–Trinajstić information content (AvgIpc) is 2.79. The molecule has 1 N–H and O–H groups in total. The van der Waals surface area contributed by atoms with Crippen LogP contribution in [0.3, 0.4) is 0 Å². The molecule has 0 saturated carbocycles. The number of nitrogens with one attached hydrogen (secondary N) is 1. The highest BCUT2D eigenvalue weighted by Crippen LogP contribution is 2.26. The Kier molecular flexibility index (Phi) is 7.26. The third-order valence-corrected chi connectivity index (χ3v) is 9.49. The number of hydrogen-bond donors (Lipinski definition) is 1. The third kappa shape index (κ3) is 5.31. The Bertz CT molecular complexity index is 1180. The van der Waals surface area contributed by atoms with Crippen LogP contribution in [0.25, 0.3) is 0 Å². The molecule has 0 bridgehead atoms. The van der Waals surface area contributed by atoms with Crippen LogP contribution in [-0.4, -0.2) is 59.6 Å². The van der Waals surface area contributed by atoms with Gasteiger partial charge in [0, 0.05) is 13.1 Å². The minimum Gasteiger partial charge on any atom is -0.497 e. The van der Waals surface area contributed by atoms with E-state index in [4.69, 9.17) is 4.74 Å². The summed E-state index contributed by atoms with van der Waals surface area (Å²) in [6.45, 7) is 3.64. The molecule has 32 heavy (non-hydrogen) atoms. The largest absolute Gasteiger partial charge is 0.497 e. The highest BCUT2D eigenvalue weighted by molar-refractivity contribution is 7.92. The zero-order chi connectivity index (χ0) is 23.5. The number of hydrogen-bond acceptors (Lipinski definition) is 6. The van der Waals surface area contributed by atoms with E-state index < -0.39 is 25.1 Å². The molecule has 8 nitrogen and oxygen atoms in total. The second-order valence-electron chi connectivity index (χ2n) is 7.89. The van der Waals surface area contributed by atoms with Crippen molar-refractivity contribution in [1.82, 2.24) is 9.62 Å². The molecule has 0 aliphatic carbocycles. The van der Waals surface area contributed by atoms with E-state index in [-0.39, 0.29) is 35.3 Å². The van der Waals surface area contributed by atoms with E-state index in [0.717, 1.165) is 5.56 Å². The van der Waals surface area contributed by atoms with Gasteiger partial charge in [-0.2, -0.15) is 0 Å². The van der Waals surface area contributed by atoms with Crippen molar-refractivity contribution >= 4 is 25.8 Å². The molecule has 0 spiro atoms. The van der Waals surface area contributed by atoms with Crippen LogP contribution in [0.5, 0.6) is 5.75 Å². The number of nitrogens with zero attached hydrogens (tertiary/aromatic N) is 1. The summed E-state index contributed by atoms with van der Waals surface area (Å²) in [5, 5.41) is -0.591. The second-order valence-corrected chi connectivity index (χ2v) is 11.9. The Hall–Kier alpha value is -2.43. The number of aryl methyl sites for hydroxylation is 2. The SMILES string of the molecule is COc1ccc(S(=O)(=O)C2CCN(C(=O)CNS(=O)(=O)c3cc(C)ccc3C)CC2)cc1. The van der Waals surface area contributed by atoms with Gasteiger partial charge in [-0.05, 0) is 68.1 Å². The zero-order valence-electron chi connectivity index (χ0n) is 18.4. The molecular weight excluding hydrogens is 452 g/mol. The Morgan fingerprint density at radius 3 is 2.25 bits per heavy atom. The Labute approximate surface area is 189 Å². The lowest BCUT2D eigenvalue weighted by molar-refractivity contribution is -0.130. The van der Waals surface area contributed by atoms with Crippen LogP contribution in [0.4, 0.5) is 0 Å². The van der Waals surface area contributed by atoms with Crippen molar-refractivity contribution < 1.29 is 26.4 Å². The molecule has 2 aromatic rings. The number of likely N-dealkylation sites (tertiary alicyclic amines) is 1. The number of sulfone groups is 1. The average molecular weight is 481 g/mol. The summed E-state index contributed by atoms with van der Waals surface area (Å²) in [6.07, 6.45) is 0.591. The fourth-order valence-electron chi connectivity index (χ4n) is 3.72. The van der Waals surface area contributed by atoms with Crippen LogP contribution in [0, 0.1) is 13.8 Å². The van der Waals surface area contributed by atoms with Gasteiger partial charge in [-0.25, -0.2) is 21.6 Å². The van der Waals surface area contributed by atoms with E-state index in [0.29, 0.717) is 24.2 Å². The normalized spacial score (nSPS) is 15.5. The van der Waals surface area contributed by atoms with Gasteiger partial charge < -0.3 is 9.64 Å². The summed E-state index contributed by atoms with van der Waals surface area (Å²) in [6, 6.07) is 11.4. The van der Waals surface area contributed by atoms with E-state index in [9.17, 15) is 21.6 Å². The number of methoxy groups -OCH3 is 1. The van der Waals surface area contributed by atoms with Gasteiger partial charge in [-0.1, -0.05) is 12.1 Å². The standard InChI is InChI=1S/C22H28N2O6S2/c1-16-4-5-17(2)21(14-16)32(28,29)23-15-22(25)24-12-10-20(11-13-24)31(26,27)19-8-6-18(30-3)7-9-19/h4-9,14,20,23H,10-13,15H2,1-3H3. The van der Waals surface area contributed by atoms with Crippen molar-refractivity contribution in [3.63, 3.8) is 0 Å². The number of rotatable bonds is 7. The number of piperidine rings is 1. The van der Waals surface area contributed by atoms with Crippen molar-refractivity contribution in [2.24, 2.45) is 0 Å². The molecule has 0 unspecified atom stereocenters. The summed E-state index contributed by atoms with van der Waals surface area (Å²) in [7, 11) is -5.84. The molecule has 1 saturated heterocycles. The fraction of sp³-hybridized carbons (Fsp3) is 0.409. The van der Waals surface area contributed by atoms with E-state index in [1.165, 1.54) is 24.1 Å². The topological polar surface area (TPSA) is 110 Å². The maximum absolute atomic E-state index is 12.9. The molecule has 0 atom stereocenters. The number of sulfonamides is 1. The molecule has 2 aromatic carbocycles. The molecule has 1 fully saturated rings. The lowest BCUT2D eigenvalue weighted by atomic mass is 10.1. The van der Waals surface area contributed by atoms with Crippen LogP contribution >= 0.6 is 0 Å². The molecule has 3 rings (SSSR count). The highest BCUT2D eigenvalue weighted by atomic mass is 32.2. The van der Waals surface area contributed by atoms with Crippen LogP contribution in [0.15, 0.2) is 52.3 Å². The van der Waals surface area contributed by atoms with Crippen LogP contribution in [0.2, 0.25) is 0 Å². The molecule has 1 aliphatic heterocycles. The summed E-state index contributed by atoms with van der Waals surface area (Å²) in [5.41, 5.74) is 1.41. The predicted molar refractivity (Wildman–Crippen MR) is 121 cm³/mol. The van der Waals surface area contributed by atoms with Crippen LogP contribution in [0.1, 0.15) is 24.0 Å². The van der Waals surface area contributed by atoms with Crippen molar-refractivity contribution in [3.8, 4) is 5.75 Å². The van der Waals surface area contributed by atoms with E-state index in [1.807, 2.05) is 6.07 Å². The quantitative estimate of drug-likeness (QED) is 0.650. The Balaban J connectivity index is 1.59. The number of benzene rings is 2. The maximum atomic E-state index is 12.9. The van der Waals surface area contributed by atoms with Gasteiger partial charge >= 0.3 is 0 Å². The molecule has 10 heteroatoms. The second kappa shape index (κ2) is 9.60. The predicted octanol–water partition coefficient (Wildman–Crippen LogP) is 2.06. The van der Waals surface area contributed by atoms with Crippen molar-refractivity contribution in [2.45, 2.75) is 41.7 Å². The van der Waals surface area contributed by atoms with Crippen LogP contribution in [-0.2, 0) is 24.7 Å². The molecule has 174 valence electrons. The lowest BCUT2D eigenvalue weighted by Gasteiger charge is -2.31. The van der Waals surface area contributed by atoms with Gasteiger partial charge in [0.25, 0.3) is 0 Å². The smallest absolute Gasteiger partial charge is 0.241 e. The minimum atomic E-state index is -3.83.